The third kappa shape index (κ3) is 6.61. The van der Waals surface area contributed by atoms with Crippen LogP contribution in [0.4, 0.5) is 31.7 Å². The first-order valence-electron chi connectivity index (χ1n) is 11.3. The van der Waals surface area contributed by atoms with Gasteiger partial charge in [0.2, 0.25) is 0 Å². The molecule has 4 N–H and O–H groups in total. The molecule has 0 aliphatic carbocycles. The Morgan fingerprint density at radius 2 is 1.83 bits per heavy atom. The van der Waals surface area contributed by atoms with Crippen molar-refractivity contribution in [3.63, 3.8) is 0 Å². The highest BCUT2D eigenvalue weighted by atomic mass is 32.2. The van der Waals surface area contributed by atoms with Gasteiger partial charge in [-0.2, -0.15) is 0 Å². The van der Waals surface area contributed by atoms with Gasteiger partial charge in [0.15, 0.2) is 0 Å². The molecule has 2 heterocycles. The van der Waals surface area contributed by atoms with Crippen molar-refractivity contribution in [1.29, 1.82) is 0 Å². The second-order valence-corrected chi connectivity index (χ2v) is 10.2. The number of anilines is 4. The minimum atomic E-state index is -0.669. The Morgan fingerprint density at radius 1 is 1.11 bits per heavy atom. The molecule has 2 aromatic carbocycles. The molecule has 0 unspecified atom stereocenters. The molecule has 184 valence electrons. The molecule has 4 rings (SSSR count). The minimum Gasteiger partial charge on any atom is -0.380 e. The average Bonchev–Trinajstić information content (AvgIpc) is 3.25. The zero-order chi connectivity index (χ0) is 24.9. The van der Waals surface area contributed by atoms with Crippen LogP contribution in [0.2, 0.25) is 0 Å². The van der Waals surface area contributed by atoms with Crippen molar-refractivity contribution in [3.05, 3.63) is 77.5 Å². The average molecular weight is 499 g/mol. The van der Waals surface area contributed by atoms with E-state index in [1.165, 1.54) is 18.3 Å². The van der Waals surface area contributed by atoms with Crippen LogP contribution in [0.5, 0.6) is 0 Å². The first kappa shape index (κ1) is 24.7. The van der Waals surface area contributed by atoms with E-state index in [0.29, 0.717) is 22.3 Å². The van der Waals surface area contributed by atoms with Gasteiger partial charge in [-0.15, -0.1) is 0 Å². The Kier molecular flexibility index (Phi) is 7.72. The van der Waals surface area contributed by atoms with E-state index in [9.17, 15) is 13.6 Å². The molecule has 35 heavy (non-hydrogen) atoms. The van der Waals surface area contributed by atoms with Crippen LogP contribution in [-0.2, 0) is 6.54 Å². The Hall–Kier alpha value is -3.37. The summed E-state index contributed by atoms with van der Waals surface area (Å²) < 4.78 is 29.4. The lowest BCUT2D eigenvalue weighted by Crippen LogP contribution is -2.22. The first-order valence-corrected chi connectivity index (χ1v) is 12.1. The van der Waals surface area contributed by atoms with Gasteiger partial charge in [0.05, 0.1) is 17.9 Å². The van der Waals surface area contributed by atoms with E-state index in [1.807, 2.05) is 24.1 Å². The highest BCUT2D eigenvalue weighted by Gasteiger charge is 2.21. The monoisotopic (exact) mass is 498 g/mol. The van der Waals surface area contributed by atoms with E-state index in [-0.39, 0.29) is 12.1 Å². The van der Waals surface area contributed by atoms with E-state index < -0.39 is 17.5 Å². The van der Waals surface area contributed by atoms with Crippen LogP contribution in [0.3, 0.4) is 0 Å². The molecule has 7 nitrogen and oxygen atoms in total. The van der Waals surface area contributed by atoms with Gasteiger partial charge in [-0.1, -0.05) is 25.8 Å². The molecule has 0 bridgehead atoms. The Bertz CT molecular complexity index is 1170. The van der Waals surface area contributed by atoms with Gasteiger partial charge in [0.25, 0.3) is 5.91 Å². The summed E-state index contributed by atoms with van der Waals surface area (Å²) in [5, 5.41) is 6.81. The van der Waals surface area contributed by atoms with Crippen molar-refractivity contribution < 1.29 is 13.6 Å². The van der Waals surface area contributed by atoms with Gasteiger partial charge < -0.3 is 21.3 Å². The number of amides is 1. The van der Waals surface area contributed by atoms with E-state index in [4.69, 9.17) is 5.73 Å². The van der Waals surface area contributed by atoms with Gasteiger partial charge >= 0.3 is 0 Å². The standard InChI is InChI=1S/C25H28F2N6OS/c1-16(2)35-33-8-7-32(15-33)21-5-3-20(4-6-21)31-24-12-23(22(14-30-24)25(28)34)29-13-17-9-18(26)11-19(27)10-17/h3-6,9-12,14,16H,7-8,13,15H2,1-2H3,(H2,28,34)(H2,29,30,31). The maximum absolute atomic E-state index is 13.5. The highest BCUT2D eigenvalue weighted by molar-refractivity contribution is 7.97. The molecule has 1 aliphatic rings. The first-order chi connectivity index (χ1) is 16.8. The summed E-state index contributed by atoms with van der Waals surface area (Å²) >= 11 is 1.87. The smallest absolute Gasteiger partial charge is 0.252 e. The van der Waals surface area contributed by atoms with Crippen LogP contribution >= 0.6 is 11.9 Å². The number of halogens is 2. The van der Waals surface area contributed by atoms with Crippen molar-refractivity contribution in [3.8, 4) is 0 Å². The van der Waals surface area contributed by atoms with Gasteiger partial charge in [0.1, 0.15) is 17.5 Å². The molecule has 3 aromatic rings. The summed E-state index contributed by atoms with van der Waals surface area (Å²) in [4.78, 5) is 18.5. The summed E-state index contributed by atoms with van der Waals surface area (Å²) in [5.74, 6) is -1.50. The lowest BCUT2D eigenvalue weighted by molar-refractivity contribution is 0.100. The maximum atomic E-state index is 13.5. The van der Waals surface area contributed by atoms with Gasteiger partial charge in [-0.05, 0) is 42.0 Å². The largest absolute Gasteiger partial charge is 0.380 e. The summed E-state index contributed by atoms with van der Waals surface area (Å²) in [6, 6.07) is 13.0. The Balaban J connectivity index is 1.44. The molecule has 10 heteroatoms. The fourth-order valence-electron chi connectivity index (χ4n) is 3.84. The fourth-order valence-corrected chi connectivity index (χ4v) is 4.83. The van der Waals surface area contributed by atoms with Gasteiger partial charge in [-0.3, -0.25) is 4.79 Å². The van der Waals surface area contributed by atoms with Crippen molar-refractivity contribution in [2.45, 2.75) is 25.6 Å². The molecule has 0 saturated carbocycles. The number of rotatable bonds is 9. The molecule has 1 aliphatic heterocycles. The van der Waals surface area contributed by atoms with Crippen LogP contribution in [0.25, 0.3) is 0 Å². The number of primary amides is 1. The Morgan fingerprint density at radius 3 is 2.49 bits per heavy atom. The molecule has 1 amide bonds. The number of hydrogen-bond donors (Lipinski definition) is 3. The number of nitrogens with zero attached hydrogens (tertiary/aromatic N) is 3. The number of nitrogens with two attached hydrogens (primary N) is 1. The van der Waals surface area contributed by atoms with Crippen LogP contribution in [-0.4, -0.2) is 40.2 Å². The second kappa shape index (κ2) is 10.9. The third-order valence-corrected chi connectivity index (χ3v) is 6.41. The van der Waals surface area contributed by atoms with Crippen LogP contribution in [0.1, 0.15) is 29.8 Å². The van der Waals surface area contributed by atoms with Crippen LogP contribution < -0.4 is 21.3 Å². The summed E-state index contributed by atoms with van der Waals surface area (Å²) in [5.41, 5.74) is 8.44. The summed E-state index contributed by atoms with van der Waals surface area (Å²) in [6.45, 7) is 7.38. The van der Waals surface area contributed by atoms with Crippen LogP contribution in [0, 0.1) is 11.6 Å². The highest BCUT2D eigenvalue weighted by Crippen LogP contribution is 2.27. The molecule has 0 radical (unpaired) electrons. The number of nitrogens with one attached hydrogen (secondary N) is 2. The summed E-state index contributed by atoms with van der Waals surface area (Å²) in [7, 11) is 0. The summed E-state index contributed by atoms with van der Waals surface area (Å²) in [6.07, 6.45) is 1.37. The van der Waals surface area contributed by atoms with E-state index in [0.717, 1.165) is 37.2 Å². The zero-order valence-electron chi connectivity index (χ0n) is 19.6. The number of hydrogen-bond acceptors (Lipinski definition) is 7. The predicted octanol–water partition coefficient (Wildman–Crippen LogP) is 4.95. The molecule has 1 aromatic heterocycles. The molecule has 0 spiro atoms. The van der Waals surface area contributed by atoms with Gasteiger partial charge in [-0.25, -0.2) is 18.1 Å². The van der Waals surface area contributed by atoms with Crippen LogP contribution in [0.15, 0.2) is 54.7 Å². The van der Waals surface area contributed by atoms with E-state index in [1.54, 1.807) is 6.07 Å². The predicted molar refractivity (Wildman–Crippen MR) is 138 cm³/mol. The SMILES string of the molecule is CC(C)SN1CCN(c2ccc(Nc3cc(NCc4cc(F)cc(F)c4)c(C(N)=O)cn3)cc2)C1. The number of carbonyl (C=O) groups excluding carboxylic acids is 1. The molecule has 0 atom stereocenters. The van der Waals surface area contributed by atoms with Gasteiger partial charge in [0, 0.05) is 54.6 Å². The normalized spacial score (nSPS) is 13.9. The molecule has 1 fully saturated rings. The lowest BCUT2D eigenvalue weighted by Gasteiger charge is -2.20. The second-order valence-electron chi connectivity index (χ2n) is 8.55. The number of carbonyl (C=O) groups is 1. The van der Waals surface area contributed by atoms with Crippen molar-refractivity contribution in [2.75, 3.05) is 35.3 Å². The van der Waals surface area contributed by atoms with E-state index >= 15 is 0 Å². The molecular weight excluding hydrogens is 470 g/mol. The quantitative estimate of drug-likeness (QED) is 0.360. The van der Waals surface area contributed by atoms with Crippen molar-refractivity contribution >= 4 is 40.7 Å². The number of benzene rings is 2. The fraction of sp³-hybridized carbons (Fsp3) is 0.280. The van der Waals surface area contributed by atoms with E-state index in [2.05, 4.69) is 50.8 Å². The molecule has 1 saturated heterocycles. The number of aromatic nitrogens is 1. The minimum absolute atomic E-state index is 0.106. The topological polar surface area (TPSA) is 86.5 Å². The van der Waals surface area contributed by atoms with Crippen molar-refractivity contribution in [2.24, 2.45) is 5.73 Å². The third-order valence-electron chi connectivity index (χ3n) is 5.39. The zero-order valence-corrected chi connectivity index (χ0v) is 20.4. The van der Waals surface area contributed by atoms with Crippen molar-refractivity contribution in [1.82, 2.24) is 9.29 Å². The maximum Gasteiger partial charge on any atom is 0.252 e. The number of pyridine rings is 1. The molecular formula is C25H28F2N6OS. The Labute approximate surface area is 207 Å². The lowest BCUT2D eigenvalue weighted by atomic mass is 10.1.